The number of rotatable bonds is 3. The SMILES string of the molecule is Cc1cc(C)c(C(=N)N)c(N2CCC(CO)CC2)n1. The van der Waals surface area contributed by atoms with Gasteiger partial charge in [-0.3, -0.25) is 5.41 Å². The van der Waals surface area contributed by atoms with Gasteiger partial charge in [0, 0.05) is 25.4 Å². The summed E-state index contributed by atoms with van der Waals surface area (Å²) in [5, 5.41) is 16.9. The van der Waals surface area contributed by atoms with Crippen LogP contribution < -0.4 is 10.6 Å². The van der Waals surface area contributed by atoms with Gasteiger partial charge in [0.05, 0.1) is 5.56 Å². The number of aliphatic hydroxyl groups excluding tert-OH is 1. The molecule has 1 fully saturated rings. The van der Waals surface area contributed by atoms with E-state index in [0.29, 0.717) is 5.92 Å². The third-order valence-electron chi connectivity index (χ3n) is 3.77. The highest BCUT2D eigenvalue weighted by atomic mass is 16.3. The van der Waals surface area contributed by atoms with Gasteiger partial charge >= 0.3 is 0 Å². The molecule has 4 N–H and O–H groups in total. The average molecular weight is 262 g/mol. The fraction of sp³-hybridized carbons (Fsp3) is 0.571. The van der Waals surface area contributed by atoms with Crippen LogP contribution in [0.2, 0.25) is 0 Å². The quantitative estimate of drug-likeness (QED) is 0.564. The fourth-order valence-electron chi connectivity index (χ4n) is 2.71. The first-order valence-electron chi connectivity index (χ1n) is 6.71. The lowest BCUT2D eigenvalue weighted by Crippen LogP contribution is -2.37. The van der Waals surface area contributed by atoms with Crippen LogP contribution in [-0.4, -0.2) is 35.6 Å². The van der Waals surface area contributed by atoms with Gasteiger partial charge in [-0.25, -0.2) is 4.98 Å². The maximum atomic E-state index is 9.19. The van der Waals surface area contributed by atoms with Crippen molar-refractivity contribution in [3.05, 3.63) is 22.9 Å². The Morgan fingerprint density at radius 3 is 2.63 bits per heavy atom. The van der Waals surface area contributed by atoms with E-state index in [-0.39, 0.29) is 12.4 Å². The van der Waals surface area contributed by atoms with Gasteiger partial charge in [-0.15, -0.1) is 0 Å². The summed E-state index contributed by atoms with van der Waals surface area (Å²) in [7, 11) is 0. The number of amidine groups is 1. The third kappa shape index (κ3) is 2.87. The fourth-order valence-corrected chi connectivity index (χ4v) is 2.71. The number of nitrogens with two attached hydrogens (primary N) is 1. The van der Waals surface area contributed by atoms with Crippen LogP contribution >= 0.6 is 0 Å². The maximum Gasteiger partial charge on any atom is 0.140 e. The first-order chi connectivity index (χ1) is 9.02. The number of hydrogen-bond donors (Lipinski definition) is 3. The molecule has 1 aliphatic heterocycles. The van der Waals surface area contributed by atoms with Crippen LogP contribution in [-0.2, 0) is 0 Å². The van der Waals surface area contributed by atoms with E-state index in [1.807, 2.05) is 19.9 Å². The van der Waals surface area contributed by atoms with Crippen molar-refractivity contribution in [1.82, 2.24) is 4.98 Å². The first kappa shape index (κ1) is 13.8. The van der Waals surface area contributed by atoms with Crippen LogP contribution in [0.3, 0.4) is 0 Å². The molecule has 2 rings (SSSR count). The number of anilines is 1. The molecule has 0 atom stereocenters. The Morgan fingerprint density at radius 1 is 1.47 bits per heavy atom. The lowest BCUT2D eigenvalue weighted by molar-refractivity contribution is 0.202. The average Bonchev–Trinajstić information content (AvgIpc) is 2.37. The van der Waals surface area contributed by atoms with E-state index in [9.17, 15) is 5.11 Å². The highest BCUT2D eigenvalue weighted by molar-refractivity contribution is 6.01. The molecule has 0 radical (unpaired) electrons. The molecule has 0 unspecified atom stereocenters. The predicted molar refractivity (Wildman–Crippen MR) is 76.7 cm³/mol. The minimum absolute atomic E-state index is 0.0734. The summed E-state index contributed by atoms with van der Waals surface area (Å²) >= 11 is 0. The summed E-state index contributed by atoms with van der Waals surface area (Å²) in [4.78, 5) is 6.76. The standard InChI is InChI=1S/C14H22N4O/c1-9-7-10(2)17-14(12(9)13(15)16)18-5-3-11(8-19)4-6-18/h7,11,19H,3-6,8H2,1-2H3,(H3,15,16). The largest absolute Gasteiger partial charge is 0.396 e. The molecule has 1 aromatic rings. The first-order valence-corrected chi connectivity index (χ1v) is 6.71. The highest BCUT2D eigenvalue weighted by Gasteiger charge is 2.23. The Morgan fingerprint density at radius 2 is 2.11 bits per heavy atom. The molecule has 5 nitrogen and oxygen atoms in total. The number of nitrogens with one attached hydrogen (secondary N) is 1. The Labute approximate surface area is 114 Å². The van der Waals surface area contributed by atoms with Crippen LogP contribution in [0.25, 0.3) is 0 Å². The van der Waals surface area contributed by atoms with E-state index in [4.69, 9.17) is 11.1 Å². The minimum atomic E-state index is 0.0734. The number of aryl methyl sites for hydroxylation is 2. The van der Waals surface area contributed by atoms with Gasteiger partial charge in [0.2, 0.25) is 0 Å². The number of aromatic nitrogens is 1. The van der Waals surface area contributed by atoms with Crippen molar-refractivity contribution >= 4 is 11.7 Å². The Balaban J connectivity index is 2.31. The van der Waals surface area contributed by atoms with Gasteiger partial charge in [0.1, 0.15) is 11.7 Å². The maximum absolute atomic E-state index is 9.19. The van der Waals surface area contributed by atoms with Gasteiger partial charge in [0.15, 0.2) is 0 Å². The monoisotopic (exact) mass is 262 g/mol. The van der Waals surface area contributed by atoms with Crippen molar-refractivity contribution in [2.75, 3.05) is 24.6 Å². The molecule has 0 aromatic carbocycles. The molecular formula is C14H22N4O. The number of nitrogen functional groups attached to an aromatic ring is 1. The number of aliphatic hydroxyl groups is 1. The van der Waals surface area contributed by atoms with Crippen LogP contribution in [0.4, 0.5) is 5.82 Å². The normalized spacial score (nSPS) is 16.7. The Kier molecular flexibility index (Phi) is 4.04. The predicted octanol–water partition coefficient (Wildman–Crippen LogP) is 1.19. The Bertz CT molecular complexity index is 479. The van der Waals surface area contributed by atoms with E-state index >= 15 is 0 Å². The van der Waals surface area contributed by atoms with Crippen molar-refractivity contribution in [1.29, 1.82) is 5.41 Å². The highest BCUT2D eigenvalue weighted by Crippen LogP contribution is 2.26. The molecule has 104 valence electrons. The molecule has 5 heteroatoms. The second-order valence-corrected chi connectivity index (χ2v) is 5.31. The van der Waals surface area contributed by atoms with Crippen molar-refractivity contribution in [2.45, 2.75) is 26.7 Å². The van der Waals surface area contributed by atoms with Gasteiger partial charge in [-0.1, -0.05) is 0 Å². The molecule has 0 spiro atoms. The van der Waals surface area contributed by atoms with Crippen molar-refractivity contribution < 1.29 is 5.11 Å². The Hall–Kier alpha value is -1.62. The molecule has 2 heterocycles. The molecule has 0 saturated carbocycles. The molecular weight excluding hydrogens is 240 g/mol. The molecule has 0 aliphatic carbocycles. The van der Waals surface area contributed by atoms with Gasteiger partial charge in [-0.05, 0) is 44.2 Å². The van der Waals surface area contributed by atoms with E-state index in [1.54, 1.807) is 0 Å². The lowest BCUT2D eigenvalue weighted by atomic mass is 9.97. The topological polar surface area (TPSA) is 86.2 Å². The molecule has 19 heavy (non-hydrogen) atoms. The molecule has 0 amide bonds. The number of hydrogen-bond acceptors (Lipinski definition) is 4. The van der Waals surface area contributed by atoms with Crippen LogP contribution in [0.5, 0.6) is 0 Å². The van der Waals surface area contributed by atoms with E-state index in [0.717, 1.165) is 48.6 Å². The molecule has 0 bridgehead atoms. The summed E-state index contributed by atoms with van der Waals surface area (Å²) in [6.45, 7) is 5.91. The van der Waals surface area contributed by atoms with Crippen LogP contribution in [0.15, 0.2) is 6.07 Å². The van der Waals surface area contributed by atoms with E-state index < -0.39 is 0 Å². The second kappa shape index (κ2) is 5.57. The third-order valence-corrected chi connectivity index (χ3v) is 3.77. The number of nitrogens with zero attached hydrogens (tertiary/aromatic N) is 2. The summed E-state index contributed by atoms with van der Waals surface area (Å²) in [5.41, 5.74) is 8.39. The second-order valence-electron chi connectivity index (χ2n) is 5.31. The number of piperidine rings is 1. The van der Waals surface area contributed by atoms with Crippen molar-refractivity contribution in [3.8, 4) is 0 Å². The summed E-state index contributed by atoms with van der Waals surface area (Å²) in [6.07, 6.45) is 1.92. The van der Waals surface area contributed by atoms with Crippen molar-refractivity contribution in [3.63, 3.8) is 0 Å². The minimum Gasteiger partial charge on any atom is -0.396 e. The molecule has 1 aliphatic rings. The van der Waals surface area contributed by atoms with Crippen molar-refractivity contribution in [2.24, 2.45) is 11.7 Å². The number of pyridine rings is 1. The zero-order chi connectivity index (χ0) is 14.0. The summed E-state index contributed by atoms with van der Waals surface area (Å²) < 4.78 is 0. The van der Waals surface area contributed by atoms with E-state index in [1.165, 1.54) is 0 Å². The van der Waals surface area contributed by atoms with Gasteiger partial charge < -0.3 is 15.7 Å². The molecule has 1 saturated heterocycles. The molecule has 1 aromatic heterocycles. The van der Waals surface area contributed by atoms with Gasteiger partial charge in [0.25, 0.3) is 0 Å². The zero-order valence-electron chi connectivity index (χ0n) is 11.6. The smallest absolute Gasteiger partial charge is 0.140 e. The van der Waals surface area contributed by atoms with Crippen LogP contribution in [0.1, 0.15) is 29.7 Å². The van der Waals surface area contributed by atoms with E-state index in [2.05, 4.69) is 9.88 Å². The summed E-state index contributed by atoms with van der Waals surface area (Å²) in [5.74, 6) is 1.29. The lowest BCUT2D eigenvalue weighted by Gasteiger charge is -2.33. The zero-order valence-corrected chi connectivity index (χ0v) is 11.6. The van der Waals surface area contributed by atoms with Crippen LogP contribution in [0, 0.1) is 25.2 Å². The van der Waals surface area contributed by atoms with Gasteiger partial charge in [-0.2, -0.15) is 0 Å². The summed E-state index contributed by atoms with van der Waals surface area (Å²) in [6, 6.07) is 1.96.